The standard InChI is InChI=1S/C9H8N4O2/c1-6-10-3-2-8(12-6)13-4-7(9(14)15)11-5-13/h2-5H,1H3,(H,14,15). The lowest BCUT2D eigenvalue weighted by atomic mass is 10.5. The lowest BCUT2D eigenvalue weighted by Crippen LogP contribution is -1.98. The summed E-state index contributed by atoms with van der Waals surface area (Å²) in [5, 5.41) is 8.69. The van der Waals surface area contributed by atoms with Crippen molar-refractivity contribution >= 4 is 5.97 Å². The van der Waals surface area contributed by atoms with E-state index < -0.39 is 5.97 Å². The third-order valence-corrected chi connectivity index (χ3v) is 1.83. The SMILES string of the molecule is Cc1nccc(-n2cnc(C(=O)O)c2)n1. The summed E-state index contributed by atoms with van der Waals surface area (Å²) in [6.45, 7) is 1.76. The third kappa shape index (κ3) is 1.83. The minimum absolute atomic E-state index is 0.00809. The highest BCUT2D eigenvalue weighted by Gasteiger charge is 2.07. The summed E-state index contributed by atoms with van der Waals surface area (Å²) < 4.78 is 1.54. The number of carbonyl (C=O) groups is 1. The molecule has 0 aliphatic rings. The van der Waals surface area contributed by atoms with Crippen molar-refractivity contribution in [3.8, 4) is 5.82 Å². The second-order valence-corrected chi connectivity index (χ2v) is 2.93. The Labute approximate surface area is 85.3 Å². The molecule has 0 saturated heterocycles. The molecular weight excluding hydrogens is 196 g/mol. The molecule has 0 aromatic carbocycles. The Kier molecular flexibility index (Phi) is 2.17. The number of aryl methyl sites for hydroxylation is 1. The van der Waals surface area contributed by atoms with E-state index in [1.54, 1.807) is 19.2 Å². The second-order valence-electron chi connectivity index (χ2n) is 2.93. The van der Waals surface area contributed by atoms with Gasteiger partial charge < -0.3 is 5.11 Å². The normalized spacial score (nSPS) is 10.2. The van der Waals surface area contributed by atoms with Crippen LogP contribution in [0.15, 0.2) is 24.8 Å². The van der Waals surface area contributed by atoms with Gasteiger partial charge >= 0.3 is 5.97 Å². The fraction of sp³-hybridized carbons (Fsp3) is 0.111. The lowest BCUT2D eigenvalue weighted by Gasteiger charge is -1.99. The predicted octanol–water partition coefficient (Wildman–Crippen LogP) is 0.669. The van der Waals surface area contributed by atoms with Gasteiger partial charge in [0.2, 0.25) is 0 Å². The van der Waals surface area contributed by atoms with Gasteiger partial charge in [-0.15, -0.1) is 0 Å². The van der Waals surface area contributed by atoms with Crippen LogP contribution in [0.2, 0.25) is 0 Å². The average Bonchev–Trinajstić information content (AvgIpc) is 2.66. The molecule has 0 atom stereocenters. The number of hydrogen-bond donors (Lipinski definition) is 1. The van der Waals surface area contributed by atoms with Crippen LogP contribution in [0.4, 0.5) is 0 Å². The van der Waals surface area contributed by atoms with Gasteiger partial charge in [-0.3, -0.25) is 4.57 Å². The van der Waals surface area contributed by atoms with Gasteiger partial charge in [0.25, 0.3) is 0 Å². The third-order valence-electron chi connectivity index (χ3n) is 1.83. The van der Waals surface area contributed by atoms with Crippen LogP contribution in [0.25, 0.3) is 5.82 Å². The summed E-state index contributed by atoms with van der Waals surface area (Å²) in [6.07, 6.45) is 4.42. The highest BCUT2D eigenvalue weighted by molar-refractivity contribution is 5.85. The Hall–Kier alpha value is -2.24. The molecule has 6 nitrogen and oxygen atoms in total. The Balaban J connectivity index is 2.41. The molecule has 0 fully saturated rings. The Morgan fingerprint density at radius 2 is 2.27 bits per heavy atom. The number of hydrogen-bond acceptors (Lipinski definition) is 4. The molecule has 0 radical (unpaired) electrons. The summed E-state index contributed by atoms with van der Waals surface area (Å²) in [7, 11) is 0. The minimum Gasteiger partial charge on any atom is -0.476 e. The van der Waals surface area contributed by atoms with E-state index in [1.165, 1.54) is 17.1 Å². The molecule has 0 aliphatic carbocycles. The zero-order valence-corrected chi connectivity index (χ0v) is 7.95. The molecule has 2 aromatic heterocycles. The van der Waals surface area contributed by atoms with Gasteiger partial charge in [0.15, 0.2) is 5.69 Å². The molecule has 2 rings (SSSR count). The number of carboxylic acid groups (broad SMARTS) is 1. The highest BCUT2D eigenvalue weighted by atomic mass is 16.4. The summed E-state index contributed by atoms with van der Waals surface area (Å²) in [4.78, 5) is 22.4. The zero-order valence-electron chi connectivity index (χ0n) is 7.95. The van der Waals surface area contributed by atoms with Crippen LogP contribution < -0.4 is 0 Å². The van der Waals surface area contributed by atoms with Crippen LogP contribution in [0.1, 0.15) is 16.3 Å². The summed E-state index contributed by atoms with van der Waals surface area (Å²) >= 11 is 0. The average molecular weight is 204 g/mol. The van der Waals surface area contributed by atoms with E-state index in [9.17, 15) is 4.79 Å². The van der Waals surface area contributed by atoms with Gasteiger partial charge in [0.05, 0.1) is 0 Å². The van der Waals surface area contributed by atoms with Crippen molar-refractivity contribution in [2.45, 2.75) is 6.92 Å². The molecule has 0 spiro atoms. The molecule has 0 aliphatic heterocycles. The molecule has 2 aromatic rings. The lowest BCUT2D eigenvalue weighted by molar-refractivity contribution is 0.0691. The Bertz CT molecular complexity index is 506. The summed E-state index contributed by atoms with van der Waals surface area (Å²) in [5.41, 5.74) is -0.00809. The van der Waals surface area contributed by atoms with Crippen molar-refractivity contribution < 1.29 is 9.90 Å². The smallest absolute Gasteiger partial charge is 0.356 e. The van der Waals surface area contributed by atoms with Crippen molar-refractivity contribution in [2.75, 3.05) is 0 Å². The Morgan fingerprint density at radius 1 is 1.47 bits per heavy atom. The van der Waals surface area contributed by atoms with Crippen LogP contribution in [0.5, 0.6) is 0 Å². The van der Waals surface area contributed by atoms with E-state index in [2.05, 4.69) is 15.0 Å². The molecule has 0 saturated carbocycles. The molecule has 15 heavy (non-hydrogen) atoms. The molecule has 0 unspecified atom stereocenters. The molecule has 76 valence electrons. The maximum atomic E-state index is 10.6. The predicted molar refractivity (Wildman–Crippen MR) is 50.9 cm³/mol. The molecule has 0 bridgehead atoms. The van der Waals surface area contributed by atoms with Gasteiger partial charge in [-0.05, 0) is 13.0 Å². The van der Waals surface area contributed by atoms with Gasteiger partial charge in [-0.25, -0.2) is 19.7 Å². The number of aromatic carboxylic acids is 1. The number of carboxylic acids is 1. The Morgan fingerprint density at radius 3 is 2.87 bits per heavy atom. The van der Waals surface area contributed by atoms with Crippen LogP contribution in [-0.4, -0.2) is 30.6 Å². The summed E-state index contributed by atoms with van der Waals surface area (Å²) in [6, 6.07) is 1.68. The van der Waals surface area contributed by atoms with Crippen molar-refractivity contribution in [1.29, 1.82) is 0 Å². The maximum absolute atomic E-state index is 10.6. The second kappa shape index (κ2) is 3.49. The highest BCUT2D eigenvalue weighted by Crippen LogP contribution is 2.05. The van der Waals surface area contributed by atoms with Gasteiger partial charge in [0.1, 0.15) is 18.0 Å². The number of aromatic nitrogens is 4. The van der Waals surface area contributed by atoms with E-state index >= 15 is 0 Å². The van der Waals surface area contributed by atoms with E-state index in [0.29, 0.717) is 11.6 Å². The van der Waals surface area contributed by atoms with E-state index in [-0.39, 0.29) is 5.69 Å². The van der Waals surface area contributed by atoms with Crippen LogP contribution in [0.3, 0.4) is 0 Å². The van der Waals surface area contributed by atoms with Gasteiger partial charge in [-0.2, -0.15) is 0 Å². The molecule has 6 heteroatoms. The fourth-order valence-corrected chi connectivity index (χ4v) is 1.15. The first-order valence-electron chi connectivity index (χ1n) is 4.24. The van der Waals surface area contributed by atoms with Gasteiger partial charge in [-0.1, -0.05) is 0 Å². The minimum atomic E-state index is -1.06. The molecule has 2 heterocycles. The number of nitrogens with zero attached hydrogens (tertiary/aromatic N) is 4. The number of rotatable bonds is 2. The van der Waals surface area contributed by atoms with E-state index in [0.717, 1.165) is 0 Å². The van der Waals surface area contributed by atoms with Crippen molar-refractivity contribution in [3.63, 3.8) is 0 Å². The molecule has 1 N–H and O–H groups in total. The fourth-order valence-electron chi connectivity index (χ4n) is 1.15. The van der Waals surface area contributed by atoms with Crippen molar-refractivity contribution in [3.05, 3.63) is 36.3 Å². The molecular formula is C9H8N4O2. The van der Waals surface area contributed by atoms with E-state index in [1.807, 2.05) is 0 Å². The van der Waals surface area contributed by atoms with Crippen LogP contribution in [0, 0.1) is 6.92 Å². The molecule has 0 amide bonds. The quantitative estimate of drug-likeness (QED) is 0.777. The van der Waals surface area contributed by atoms with Crippen molar-refractivity contribution in [2.24, 2.45) is 0 Å². The van der Waals surface area contributed by atoms with E-state index in [4.69, 9.17) is 5.11 Å². The topological polar surface area (TPSA) is 80.9 Å². The largest absolute Gasteiger partial charge is 0.476 e. The van der Waals surface area contributed by atoms with Gasteiger partial charge in [0, 0.05) is 12.4 Å². The van der Waals surface area contributed by atoms with Crippen LogP contribution >= 0.6 is 0 Å². The van der Waals surface area contributed by atoms with Crippen molar-refractivity contribution in [1.82, 2.24) is 19.5 Å². The first kappa shape index (κ1) is 9.32. The first-order chi connectivity index (χ1) is 7.16. The maximum Gasteiger partial charge on any atom is 0.356 e. The first-order valence-corrected chi connectivity index (χ1v) is 4.24. The monoisotopic (exact) mass is 204 g/mol. The zero-order chi connectivity index (χ0) is 10.8. The van der Waals surface area contributed by atoms with Crippen LogP contribution in [-0.2, 0) is 0 Å². The summed E-state index contributed by atoms with van der Waals surface area (Å²) in [5.74, 6) is 0.167. The number of imidazole rings is 1.